The summed E-state index contributed by atoms with van der Waals surface area (Å²) in [6.07, 6.45) is 1.44. The fraction of sp³-hybridized carbons (Fsp3) is 0.571. The van der Waals surface area contributed by atoms with Gasteiger partial charge in [0.1, 0.15) is 5.75 Å². The summed E-state index contributed by atoms with van der Waals surface area (Å²) in [5, 5.41) is 8.97. The summed E-state index contributed by atoms with van der Waals surface area (Å²) < 4.78 is 11.2. The van der Waals surface area contributed by atoms with Crippen LogP contribution < -0.4 is 10.5 Å². The maximum Gasteiger partial charge on any atom is 0.122 e. The van der Waals surface area contributed by atoms with Gasteiger partial charge in [0.15, 0.2) is 0 Å². The van der Waals surface area contributed by atoms with Crippen molar-refractivity contribution in [2.24, 2.45) is 5.73 Å². The largest absolute Gasteiger partial charge is 0.493 e. The van der Waals surface area contributed by atoms with Crippen LogP contribution in [0.5, 0.6) is 5.75 Å². The molecule has 4 nitrogen and oxygen atoms in total. The number of aliphatic hydroxyl groups is 1. The Hall–Kier alpha value is -1.10. The van der Waals surface area contributed by atoms with Crippen LogP contribution >= 0.6 is 0 Å². The molecule has 0 bridgehead atoms. The summed E-state index contributed by atoms with van der Waals surface area (Å²) in [7, 11) is 0. The SMILES string of the molecule is CCOC(CN)CCOc1ccccc1CCO. The number of ether oxygens (including phenoxy) is 2. The molecule has 0 amide bonds. The van der Waals surface area contributed by atoms with Crippen LogP contribution in [-0.4, -0.2) is 37.6 Å². The second-order valence-electron chi connectivity index (χ2n) is 4.03. The third-order valence-corrected chi connectivity index (χ3v) is 2.72. The Morgan fingerprint density at radius 3 is 2.78 bits per heavy atom. The first-order valence-corrected chi connectivity index (χ1v) is 6.45. The second kappa shape index (κ2) is 8.91. The van der Waals surface area contributed by atoms with E-state index in [1.807, 2.05) is 31.2 Å². The minimum Gasteiger partial charge on any atom is -0.493 e. The van der Waals surface area contributed by atoms with E-state index in [9.17, 15) is 0 Å². The topological polar surface area (TPSA) is 64.7 Å². The van der Waals surface area contributed by atoms with Crippen molar-refractivity contribution >= 4 is 0 Å². The highest BCUT2D eigenvalue weighted by Gasteiger charge is 2.07. The monoisotopic (exact) mass is 253 g/mol. The summed E-state index contributed by atoms with van der Waals surface area (Å²) in [5.41, 5.74) is 6.63. The van der Waals surface area contributed by atoms with Crippen LogP contribution in [0.15, 0.2) is 24.3 Å². The Morgan fingerprint density at radius 1 is 1.33 bits per heavy atom. The predicted octanol–water partition coefficient (Wildman–Crippen LogP) is 1.35. The number of hydrogen-bond donors (Lipinski definition) is 2. The van der Waals surface area contributed by atoms with Gasteiger partial charge in [-0.1, -0.05) is 18.2 Å². The highest BCUT2D eigenvalue weighted by atomic mass is 16.5. The number of benzene rings is 1. The molecule has 0 saturated carbocycles. The van der Waals surface area contributed by atoms with E-state index in [-0.39, 0.29) is 12.7 Å². The zero-order valence-corrected chi connectivity index (χ0v) is 11.0. The van der Waals surface area contributed by atoms with Gasteiger partial charge in [-0.3, -0.25) is 0 Å². The van der Waals surface area contributed by atoms with E-state index < -0.39 is 0 Å². The number of hydrogen-bond acceptors (Lipinski definition) is 4. The van der Waals surface area contributed by atoms with Crippen molar-refractivity contribution in [3.05, 3.63) is 29.8 Å². The summed E-state index contributed by atoms with van der Waals surface area (Å²) >= 11 is 0. The fourth-order valence-electron chi connectivity index (χ4n) is 1.78. The first-order valence-electron chi connectivity index (χ1n) is 6.45. The average Bonchev–Trinajstić information content (AvgIpc) is 2.40. The molecule has 102 valence electrons. The molecule has 1 unspecified atom stereocenters. The lowest BCUT2D eigenvalue weighted by atomic mass is 10.1. The molecule has 4 heteroatoms. The first kappa shape index (κ1) is 15.0. The van der Waals surface area contributed by atoms with Gasteiger partial charge in [-0.15, -0.1) is 0 Å². The standard InChI is InChI=1S/C14H23NO3/c1-2-17-13(11-15)8-10-18-14-6-4-3-5-12(14)7-9-16/h3-6,13,16H,2,7-11,15H2,1H3. The molecule has 1 aromatic carbocycles. The minimum atomic E-state index is 0.0556. The van der Waals surface area contributed by atoms with Crippen molar-refractivity contribution in [3.63, 3.8) is 0 Å². The number of aliphatic hydroxyl groups excluding tert-OH is 1. The Balaban J connectivity index is 2.42. The van der Waals surface area contributed by atoms with Crippen LogP contribution in [0.3, 0.4) is 0 Å². The van der Waals surface area contributed by atoms with Gasteiger partial charge in [0.2, 0.25) is 0 Å². The molecule has 0 saturated heterocycles. The third-order valence-electron chi connectivity index (χ3n) is 2.72. The predicted molar refractivity (Wildman–Crippen MR) is 71.8 cm³/mol. The fourth-order valence-corrected chi connectivity index (χ4v) is 1.78. The zero-order chi connectivity index (χ0) is 13.2. The molecule has 0 fully saturated rings. The van der Waals surface area contributed by atoms with Crippen molar-refractivity contribution in [2.45, 2.75) is 25.9 Å². The van der Waals surface area contributed by atoms with Crippen LogP contribution in [0.4, 0.5) is 0 Å². The van der Waals surface area contributed by atoms with Crippen molar-refractivity contribution in [1.82, 2.24) is 0 Å². The molecule has 0 aliphatic carbocycles. The molecule has 1 aromatic rings. The van der Waals surface area contributed by atoms with E-state index in [1.165, 1.54) is 0 Å². The van der Waals surface area contributed by atoms with Gasteiger partial charge >= 0.3 is 0 Å². The molecule has 0 heterocycles. The van der Waals surface area contributed by atoms with Gasteiger partial charge in [-0.25, -0.2) is 0 Å². The Kier molecular flexibility index (Phi) is 7.41. The van der Waals surface area contributed by atoms with Crippen LogP contribution in [0, 0.1) is 0 Å². The van der Waals surface area contributed by atoms with E-state index in [1.54, 1.807) is 0 Å². The van der Waals surface area contributed by atoms with Gasteiger partial charge < -0.3 is 20.3 Å². The van der Waals surface area contributed by atoms with Gasteiger partial charge in [-0.2, -0.15) is 0 Å². The van der Waals surface area contributed by atoms with E-state index in [4.69, 9.17) is 20.3 Å². The maximum absolute atomic E-state index is 8.97. The summed E-state index contributed by atoms with van der Waals surface area (Å²) in [4.78, 5) is 0. The molecule has 1 atom stereocenters. The van der Waals surface area contributed by atoms with Gasteiger partial charge in [0, 0.05) is 26.2 Å². The number of rotatable bonds is 9. The molecule has 0 aliphatic rings. The molecule has 3 N–H and O–H groups in total. The molecule has 0 aromatic heterocycles. The Bertz CT molecular complexity index is 331. The Labute approximate surface area is 109 Å². The second-order valence-corrected chi connectivity index (χ2v) is 4.03. The summed E-state index contributed by atoms with van der Waals surface area (Å²) in [5.74, 6) is 0.832. The average molecular weight is 253 g/mol. The third kappa shape index (κ3) is 5.04. The lowest BCUT2D eigenvalue weighted by Gasteiger charge is -2.16. The number of para-hydroxylation sites is 1. The van der Waals surface area contributed by atoms with Crippen molar-refractivity contribution in [3.8, 4) is 5.75 Å². The number of nitrogens with two attached hydrogens (primary N) is 1. The summed E-state index contributed by atoms with van der Waals surface area (Å²) in [6, 6.07) is 7.76. The van der Waals surface area contributed by atoms with E-state index in [0.29, 0.717) is 26.2 Å². The highest BCUT2D eigenvalue weighted by Crippen LogP contribution is 2.18. The summed E-state index contributed by atoms with van der Waals surface area (Å²) in [6.45, 7) is 3.84. The van der Waals surface area contributed by atoms with E-state index >= 15 is 0 Å². The van der Waals surface area contributed by atoms with Crippen LogP contribution in [0.1, 0.15) is 18.9 Å². The first-order chi connectivity index (χ1) is 8.81. The molecule has 18 heavy (non-hydrogen) atoms. The molecular weight excluding hydrogens is 230 g/mol. The van der Waals surface area contributed by atoms with Crippen molar-refractivity contribution in [1.29, 1.82) is 0 Å². The van der Waals surface area contributed by atoms with E-state index in [2.05, 4.69) is 0 Å². The smallest absolute Gasteiger partial charge is 0.122 e. The zero-order valence-electron chi connectivity index (χ0n) is 11.0. The van der Waals surface area contributed by atoms with E-state index in [0.717, 1.165) is 17.7 Å². The quantitative estimate of drug-likeness (QED) is 0.697. The molecule has 0 spiro atoms. The molecule has 1 rings (SSSR count). The molecular formula is C14H23NO3. The van der Waals surface area contributed by atoms with Gasteiger partial charge in [0.25, 0.3) is 0 Å². The normalized spacial score (nSPS) is 12.4. The Morgan fingerprint density at radius 2 is 2.11 bits per heavy atom. The highest BCUT2D eigenvalue weighted by molar-refractivity contribution is 5.33. The van der Waals surface area contributed by atoms with Gasteiger partial charge in [-0.05, 0) is 25.0 Å². The van der Waals surface area contributed by atoms with Crippen molar-refractivity contribution in [2.75, 3.05) is 26.4 Å². The van der Waals surface area contributed by atoms with Crippen molar-refractivity contribution < 1.29 is 14.6 Å². The van der Waals surface area contributed by atoms with Crippen LogP contribution in [0.25, 0.3) is 0 Å². The molecule has 0 radical (unpaired) electrons. The van der Waals surface area contributed by atoms with Crippen LogP contribution in [-0.2, 0) is 11.2 Å². The lowest BCUT2D eigenvalue weighted by molar-refractivity contribution is 0.0525. The minimum absolute atomic E-state index is 0.0556. The van der Waals surface area contributed by atoms with Crippen LogP contribution in [0.2, 0.25) is 0 Å². The lowest BCUT2D eigenvalue weighted by Crippen LogP contribution is -2.25. The maximum atomic E-state index is 8.97. The molecule has 0 aliphatic heterocycles. The van der Waals surface area contributed by atoms with Gasteiger partial charge in [0.05, 0.1) is 12.7 Å².